The number of anilines is 1. The number of carbonyl (C=O) groups excluding carboxylic acids is 1. The molecular weight excluding hydrogens is 350 g/mol. The Labute approximate surface area is 154 Å². The fourth-order valence-electron chi connectivity index (χ4n) is 3.40. The fourth-order valence-corrected chi connectivity index (χ4v) is 5.14. The third-order valence-electron chi connectivity index (χ3n) is 4.93. The van der Waals surface area contributed by atoms with Crippen LogP contribution < -0.4 is 4.31 Å². The summed E-state index contributed by atoms with van der Waals surface area (Å²) in [5, 5.41) is 9.83. The molecule has 138 valence electrons. The number of hydrogen-bond donors (Lipinski definition) is 1. The molecule has 0 spiro atoms. The second kappa shape index (κ2) is 6.76. The number of Topliss-reactive ketones (excluding diaryl/α,β-unsaturated/α-hetero) is 1. The number of hydrogen-bond acceptors (Lipinski definition) is 4. The molecule has 26 heavy (non-hydrogen) atoms. The van der Waals surface area contributed by atoms with Crippen molar-refractivity contribution >= 4 is 21.5 Å². The summed E-state index contributed by atoms with van der Waals surface area (Å²) in [5.41, 5.74) is 2.81. The average molecular weight is 373 g/mol. The smallest absolute Gasteiger partial charge is 0.264 e. The molecule has 1 N–H and O–H groups in total. The second-order valence-corrected chi connectivity index (χ2v) is 8.56. The minimum Gasteiger partial charge on any atom is -0.507 e. The number of benzene rings is 2. The summed E-state index contributed by atoms with van der Waals surface area (Å²) in [6, 6.07) is 9.67. The minimum atomic E-state index is -3.85. The largest absolute Gasteiger partial charge is 0.507 e. The van der Waals surface area contributed by atoms with Crippen LogP contribution in [-0.4, -0.2) is 25.3 Å². The highest BCUT2D eigenvalue weighted by molar-refractivity contribution is 7.92. The first-order chi connectivity index (χ1) is 12.3. The molecule has 0 bridgehead atoms. The lowest BCUT2D eigenvalue weighted by Crippen LogP contribution is -2.42. The fraction of sp³-hybridized carbons (Fsp3) is 0.350. The van der Waals surface area contributed by atoms with Gasteiger partial charge in [-0.25, -0.2) is 8.42 Å². The van der Waals surface area contributed by atoms with Gasteiger partial charge in [-0.1, -0.05) is 19.1 Å². The van der Waals surface area contributed by atoms with Crippen molar-refractivity contribution in [2.45, 2.75) is 51.0 Å². The quantitative estimate of drug-likeness (QED) is 0.830. The number of fused-ring (bicyclic) bond motifs is 1. The van der Waals surface area contributed by atoms with Gasteiger partial charge >= 0.3 is 0 Å². The number of nitrogens with zero attached hydrogens (tertiary/aromatic N) is 1. The molecule has 1 atom stereocenters. The highest BCUT2D eigenvalue weighted by Crippen LogP contribution is 2.37. The summed E-state index contributed by atoms with van der Waals surface area (Å²) in [6.45, 7) is 5.23. The van der Waals surface area contributed by atoms with E-state index in [1.165, 1.54) is 29.4 Å². The lowest BCUT2D eigenvalue weighted by molar-refractivity contribution is 0.101. The van der Waals surface area contributed by atoms with Crippen molar-refractivity contribution in [1.82, 2.24) is 0 Å². The normalized spacial score (nSPS) is 17.0. The highest BCUT2D eigenvalue weighted by atomic mass is 32.2. The number of rotatable bonds is 4. The average Bonchev–Trinajstić information content (AvgIpc) is 2.60. The number of carbonyl (C=O) groups is 1. The van der Waals surface area contributed by atoms with E-state index in [-0.39, 0.29) is 28.0 Å². The Morgan fingerprint density at radius 1 is 1.23 bits per heavy atom. The topological polar surface area (TPSA) is 74.7 Å². The van der Waals surface area contributed by atoms with Crippen LogP contribution in [0.15, 0.2) is 41.3 Å². The van der Waals surface area contributed by atoms with Gasteiger partial charge in [-0.2, -0.15) is 0 Å². The maximum atomic E-state index is 13.4. The monoisotopic (exact) mass is 373 g/mol. The predicted molar refractivity (Wildman–Crippen MR) is 101 cm³/mol. The summed E-state index contributed by atoms with van der Waals surface area (Å²) in [6.07, 6.45) is 2.39. The van der Waals surface area contributed by atoms with Crippen LogP contribution in [0.2, 0.25) is 0 Å². The second-order valence-electron chi connectivity index (χ2n) is 6.74. The highest BCUT2D eigenvalue weighted by Gasteiger charge is 2.34. The molecule has 1 aliphatic heterocycles. The van der Waals surface area contributed by atoms with E-state index in [0.29, 0.717) is 5.69 Å². The Kier molecular flexibility index (Phi) is 4.80. The van der Waals surface area contributed by atoms with Crippen molar-refractivity contribution in [1.29, 1.82) is 0 Å². The molecule has 5 nitrogen and oxygen atoms in total. The van der Waals surface area contributed by atoms with Gasteiger partial charge in [0.25, 0.3) is 10.0 Å². The summed E-state index contributed by atoms with van der Waals surface area (Å²) in [4.78, 5) is 11.7. The molecule has 2 aromatic carbocycles. The molecule has 0 unspecified atom stereocenters. The number of phenolic OH excluding ortho intramolecular Hbond substituents is 1. The number of aromatic hydroxyl groups is 1. The van der Waals surface area contributed by atoms with E-state index in [0.717, 1.165) is 30.4 Å². The van der Waals surface area contributed by atoms with Crippen LogP contribution in [0.1, 0.15) is 48.7 Å². The Balaban J connectivity index is 2.16. The van der Waals surface area contributed by atoms with Crippen LogP contribution in [0.5, 0.6) is 5.75 Å². The van der Waals surface area contributed by atoms with Crippen molar-refractivity contribution in [2.24, 2.45) is 0 Å². The molecule has 3 rings (SSSR count). The number of ketones is 1. The molecule has 0 radical (unpaired) electrons. The van der Waals surface area contributed by atoms with E-state index in [9.17, 15) is 18.3 Å². The van der Waals surface area contributed by atoms with Crippen molar-refractivity contribution in [3.63, 3.8) is 0 Å². The van der Waals surface area contributed by atoms with E-state index in [1.54, 1.807) is 0 Å². The maximum Gasteiger partial charge on any atom is 0.264 e. The zero-order chi connectivity index (χ0) is 19.1. The van der Waals surface area contributed by atoms with Gasteiger partial charge < -0.3 is 5.11 Å². The van der Waals surface area contributed by atoms with Gasteiger partial charge in [-0.15, -0.1) is 0 Å². The van der Waals surface area contributed by atoms with Crippen LogP contribution >= 0.6 is 0 Å². The van der Waals surface area contributed by atoms with E-state index >= 15 is 0 Å². The van der Waals surface area contributed by atoms with Gasteiger partial charge in [0.1, 0.15) is 5.75 Å². The zero-order valence-electron chi connectivity index (χ0n) is 15.2. The molecule has 0 amide bonds. The van der Waals surface area contributed by atoms with Gasteiger partial charge in [0, 0.05) is 6.04 Å². The predicted octanol–water partition coefficient (Wildman–Crippen LogP) is 3.69. The lowest BCUT2D eigenvalue weighted by Gasteiger charge is -2.36. The zero-order valence-corrected chi connectivity index (χ0v) is 16.0. The van der Waals surface area contributed by atoms with Gasteiger partial charge in [-0.3, -0.25) is 9.10 Å². The van der Waals surface area contributed by atoms with E-state index < -0.39 is 10.0 Å². The molecule has 2 aromatic rings. The summed E-state index contributed by atoms with van der Waals surface area (Å²) >= 11 is 0. The van der Waals surface area contributed by atoms with Crippen molar-refractivity contribution in [3.05, 3.63) is 53.1 Å². The van der Waals surface area contributed by atoms with Crippen molar-refractivity contribution in [2.75, 3.05) is 4.31 Å². The minimum absolute atomic E-state index is 0.0123. The van der Waals surface area contributed by atoms with Gasteiger partial charge in [0.15, 0.2) is 5.78 Å². The Morgan fingerprint density at radius 2 is 1.96 bits per heavy atom. The van der Waals surface area contributed by atoms with E-state index in [2.05, 4.69) is 0 Å². The molecule has 0 aromatic heterocycles. The molecule has 1 heterocycles. The maximum absolute atomic E-state index is 13.4. The Hall–Kier alpha value is -2.34. The molecule has 0 saturated heterocycles. The van der Waals surface area contributed by atoms with Gasteiger partial charge in [0.2, 0.25) is 0 Å². The third-order valence-corrected chi connectivity index (χ3v) is 6.86. The SMILES string of the molecule is CCc1ccc2c(c1)N(S(=O)(=O)c1ccc(O)c(C(C)=O)c1)[C@@H](C)CC2. The van der Waals surface area contributed by atoms with Crippen LogP contribution in [0.25, 0.3) is 0 Å². The summed E-state index contributed by atoms with van der Waals surface area (Å²) in [5.74, 6) is -0.586. The van der Waals surface area contributed by atoms with Crippen LogP contribution in [0.3, 0.4) is 0 Å². The van der Waals surface area contributed by atoms with Crippen molar-refractivity contribution < 1.29 is 18.3 Å². The van der Waals surface area contributed by atoms with Crippen molar-refractivity contribution in [3.8, 4) is 5.75 Å². The third kappa shape index (κ3) is 3.09. The van der Waals surface area contributed by atoms with Crippen LogP contribution in [0.4, 0.5) is 5.69 Å². The Bertz CT molecular complexity index is 966. The lowest BCUT2D eigenvalue weighted by atomic mass is 9.97. The van der Waals surface area contributed by atoms with Crippen LogP contribution in [0, 0.1) is 0 Å². The standard InChI is InChI=1S/C20H23NO4S/c1-4-15-6-8-16-7-5-13(2)21(19(16)11-15)26(24,25)17-9-10-20(23)18(12-17)14(3)22/h6,8-13,23H,4-5,7H2,1-3H3/t13-/m0/s1. The first kappa shape index (κ1) is 18.5. The molecule has 0 aliphatic carbocycles. The van der Waals surface area contributed by atoms with Gasteiger partial charge in [0.05, 0.1) is 16.1 Å². The van der Waals surface area contributed by atoms with E-state index in [4.69, 9.17) is 0 Å². The Morgan fingerprint density at radius 3 is 2.62 bits per heavy atom. The molecule has 1 aliphatic rings. The first-order valence-corrected chi connectivity index (χ1v) is 10.2. The van der Waals surface area contributed by atoms with Crippen LogP contribution in [-0.2, 0) is 22.9 Å². The number of phenols is 1. The summed E-state index contributed by atoms with van der Waals surface area (Å²) < 4.78 is 28.2. The molecular formula is C20H23NO4S. The number of aryl methyl sites for hydroxylation is 2. The molecule has 0 saturated carbocycles. The molecule has 0 fully saturated rings. The summed E-state index contributed by atoms with van der Waals surface area (Å²) in [7, 11) is -3.85. The van der Waals surface area contributed by atoms with Gasteiger partial charge in [-0.05, 0) is 68.5 Å². The van der Waals surface area contributed by atoms with E-state index in [1.807, 2.05) is 32.0 Å². The first-order valence-electron chi connectivity index (χ1n) is 8.76. The molecule has 6 heteroatoms. The number of sulfonamides is 1.